The number of aromatic amines is 1. The molecule has 0 unspecified atom stereocenters. The van der Waals surface area contributed by atoms with Gasteiger partial charge in [0.15, 0.2) is 5.82 Å². The number of hydrogen-bond donors (Lipinski definition) is 2. The Morgan fingerprint density at radius 2 is 1.91 bits per heavy atom. The van der Waals surface area contributed by atoms with E-state index < -0.39 is 0 Å². The molecule has 8 nitrogen and oxygen atoms in total. The van der Waals surface area contributed by atoms with Gasteiger partial charge >= 0.3 is 0 Å². The van der Waals surface area contributed by atoms with Crippen LogP contribution in [0, 0.1) is 0 Å². The summed E-state index contributed by atoms with van der Waals surface area (Å²) >= 11 is 0. The highest BCUT2D eigenvalue weighted by Crippen LogP contribution is 2.24. The highest BCUT2D eigenvalue weighted by Gasteiger charge is 2.18. The summed E-state index contributed by atoms with van der Waals surface area (Å²) < 4.78 is 0. The first-order valence-electron chi connectivity index (χ1n) is 11.0. The normalized spacial score (nSPS) is 14.9. The summed E-state index contributed by atoms with van der Waals surface area (Å²) in [7, 11) is 1.86. The smallest absolute Gasteiger partial charge is 0.251 e. The van der Waals surface area contributed by atoms with E-state index in [2.05, 4.69) is 47.2 Å². The minimum atomic E-state index is -0.0193. The molecule has 32 heavy (non-hydrogen) atoms. The lowest BCUT2D eigenvalue weighted by Gasteiger charge is -2.36. The summed E-state index contributed by atoms with van der Waals surface area (Å²) in [4.78, 5) is 33.5. The van der Waals surface area contributed by atoms with Crippen LogP contribution in [-0.4, -0.2) is 58.1 Å². The quantitative estimate of drug-likeness (QED) is 0.504. The number of fused-ring (bicyclic) bond motifs is 2. The predicted molar refractivity (Wildman–Crippen MR) is 128 cm³/mol. The molecule has 1 saturated heterocycles. The Labute approximate surface area is 186 Å². The van der Waals surface area contributed by atoms with E-state index in [1.165, 1.54) is 0 Å². The second-order valence-electron chi connectivity index (χ2n) is 8.19. The van der Waals surface area contributed by atoms with Crippen LogP contribution in [0.1, 0.15) is 18.1 Å². The van der Waals surface area contributed by atoms with Crippen LogP contribution in [0.25, 0.3) is 21.9 Å². The molecule has 164 valence electrons. The first-order chi connectivity index (χ1) is 15.6. The third-order valence-corrected chi connectivity index (χ3v) is 6.17. The Morgan fingerprint density at radius 3 is 2.69 bits per heavy atom. The van der Waals surface area contributed by atoms with E-state index in [-0.39, 0.29) is 5.56 Å². The van der Waals surface area contributed by atoms with Gasteiger partial charge in [-0.05, 0) is 36.2 Å². The summed E-state index contributed by atoms with van der Waals surface area (Å²) in [5.41, 5.74) is 5.55. The van der Waals surface area contributed by atoms with Crippen LogP contribution in [-0.2, 0) is 13.0 Å². The molecule has 5 heterocycles. The first-order valence-corrected chi connectivity index (χ1v) is 11.0. The molecule has 4 aromatic rings. The van der Waals surface area contributed by atoms with Gasteiger partial charge in [-0.2, -0.15) is 0 Å². The van der Waals surface area contributed by atoms with Crippen molar-refractivity contribution in [2.75, 3.05) is 43.4 Å². The number of pyridine rings is 4. The monoisotopic (exact) mass is 429 g/mol. The maximum Gasteiger partial charge on any atom is 0.251 e. The van der Waals surface area contributed by atoms with E-state index in [0.717, 1.165) is 77.3 Å². The highest BCUT2D eigenvalue weighted by atomic mass is 16.1. The maximum absolute atomic E-state index is 12.1. The van der Waals surface area contributed by atoms with Crippen molar-refractivity contribution >= 4 is 33.4 Å². The Balaban J connectivity index is 1.27. The largest absolute Gasteiger partial charge is 0.371 e. The number of nitrogens with zero attached hydrogens (tertiary/aromatic N) is 5. The number of rotatable bonds is 5. The summed E-state index contributed by atoms with van der Waals surface area (Å²) in [6, 6.07) is 8.14. The van der Waals surface area contributed by atoms with Crippen molar-refractivity contribution in [3.05, 3.63) is 64.3 Å². The average Bonchev–Trinajstić information content (AvgIpc) is 2.83. The van der Waals surface area contributed by atoms with Gasteiger partial charge < -0.3 is 15.2 Å². The minimum absolute atomic E-state index is 0.0193. The lowest BCUT2D eigenvalue weighted by molar-refractivity contribution is 0.249. The molecule has 1 aliphatic rings. The van der Waals surface area contributed by atoms with Gasteiger partial charge in [0.1, 0.15) is 5.52 Å². The number of aryl methyl sites for hydroxylation is 1. The zero-order valence-electron chi connectivity index (χ0n) is 18.4. The van der Waals surface area contributed by atoms with Crippen LogP contribution in [0.3, 0.4) is 0 Å². The summed E-state index contributed by atoms with van der Waals surface area (Å²) in [5.74, 6) is 0.801. The van der Waals surface area contributed by atoms with Crippen LogP contribution in [0.5, 0.6) is 0 Å². The van der Waals surface area contributed by atoms with Crippen molar-refractivity contribution in [3.8, 4) is 0 Å². The first kappa shape index (κ1) is 20.4. The van der Waals surface area contributed by atoms with Gasteiger partial charge in [0.2, 0.25) is 0 Å². The van der Waals surface area contributed by atoms with E-state index in [1.807, 2.05) is 44.7 Å². The second kappa shape index (κ2) is 8.55. The van der Waals surface area contributed by atoms with Crippen molar-refractivity contribution in [2.24, 2.45) is 0 Å². The number of nitrogens with one attached hydrogen (secondary N) is 2. The van der Waals surface area contributed by atoms with Crippen molar-refractivity contribution in [3.63, 3.8) is 0 Å². The molecule has 0 spiro atoms. The van der Waals surface area contributed by atoms with Crippen molar-refractivity contribution < 1.29 is 0 Å². The van der Waals surface area contributed by atoms with Gasteiger partial charge in [0.25, 0.3) is 5.56 Å². The third kappa shape index (κ3) is 3.89. The standard InChI is InChI=1S/C24H27N7O/c1-3-17-12-20-21(29-24(17)32)10-16(13-27-20)15-30-6-8-31(9-7-30)19-11-18-4-5-26-23(25-2)22(18)28-14-19/h4-5,10-14H,3,6-9,15H2,1-2H3,(H,25,26)(H,29,32). The molecule has 1 aliphatic heterocycles. The molecule has 0 radical (unpaired) electrons. The van der Waals surface area contributed by atoms with Crippen molar-refractivity contribution in [1.82, 2.24) is 24.8 Å². The zero-order valence-corrected chi connectivity index (χ0v) is 18.4. The zero-order chi connectivity index (χ0) is 22.1. The van der Waals surface area contributed by atoms with E-state index >= 15 is 0 Å². The summed E-state index contributed by atoms with van der Waals surface area (Å²) in [5, 5.41) is 4.19. The van der Waals surface area contributed by atoms with E-state index in [4.69, 9.17) is 0 Å². The Morgan fingerprint density at radius 1 is 1.06 bits per heavy atom. The number of aromatic nitrogens is 4. The van der Waals surface area contributed by atoms with Gasteiger partial charge in [-0.3, -0.25) is 19.7 Å². The number of H-pyrrole nitrogens is 1. The average molecular weight is 430 g/mol. The van der Waals surface area contributed by atoms with Crippen LogP contribution in [0.2, 0.25) is 0 Å². The SMILES string of the molecule is CCc1cc2ncc(CN3CCN(c4cnc5c(NC)nccc5c4)CC3)cc2[nH]c1=O. The van der Waals surface area contributed by atoms with Gasteiger partial charge in [-0.25, -0.2) is 4.98 Å². The number of hydrogen-bond acceptors (Lipinski definition) is 7. The molecule has 1 fully saturated rings. The Hall–Kier alpha value is -3.52. The fraction of sp³-hybridized carbons (Fsp3) is 0.333. The number of piperazine rings is 1. The molecule has 0 aromatic carbocycles. The van der Waals surface area contributed by atoms with Crippen LogP contribution in [0.15, 0.2) is 47.7 Å². The van der Waals surface area contributed by atoms with Crippen LogP contribution < -0.4 is 15.8 Å². The fourth-order valence-electron chi connectivity index (χ4n) is 4.34. The van der Waals surface area contributed by atoms with E-state index in [9.17, 15) is 4.79 Å². The molecule has 0 saturated carbocycles. The fourth-order valence-corrected chi connectivity index (χ4v) is 4.34. The Bertz CT molecular complexity index is 1330. The Kier molecular flexibility index (Phi) is 5.45. The molecular formula is C24H27N7O. The molecule has 0 atom stereocenters. The van der Waals surface area contributed by atoms with Crippen molar-refractivity contribution in [1.29, 1.82) is 0 Å². The maximum atomic E-state index is 12.1. The van der Waals surface area contributed by atoms with E-state index in [1.54, 1.807) is 0 Å². The van der Waals surface area contributed by atoms with Gasteiger partial charge in [0, 0.05) is 63.1 Å². The van der Waals surface area contributed by atoms with E-state index in [0.29, 0.717) is 6.42 Å². The topological polar surface area (TPSA) is 90.0 Å². The van der Waals surface area contributed by atoms with Crippen LogP contribution >= 0.6 is 0 Å². The molecule has 2 N–H and O–H groups in total. The van der Waals surface area contributed by atoms with Gasteiger partial charge in [-0.1, -0.05) is 6.92 Å². The number of anilines is 2. The molecule has 5 rings (SSSR count). The summed E-state index contributed by atoms with van der Waals surface area (Å²) in [6.07, 6.45) is 6.38. The molecular weight excluding hydrogens is 402 g/mol. The molecule has 0 bridgehead atoms. The third-order valence-electron chi connectivity index (χ3n) is 6.17. The van der Waals surface area contributed by atoms with Gasteiger partial charge in [0.05, 0.1) is 22.9 Å². The van der Waals surface area contributed by atoms with Crippen molar-refractivity contribution in [2.45, 2.75) is 19.9 Å². The molecule has 0 aliphatic carbocycles. The molecule has 4 aromatic heterocycles. The second-order valence-corrected chi connectivity index (χ2v) is 8.19. The predicted octanol–water partition coefficient (Wildman–Crippen LogP) is 2.79. The lowest BCUT2D eigenvalue weighted by atomic mass is 10.1. The van der Waals surface area contributed by atoms with Gasteiger partial charge in [-0.15, -0.1) is 0 Å². The highest BCUT2D eigenvalue weighted by molar-refractivity contribution is 5.89. The molecule has 8 heteroatoms. The summed E-state index contributed by atoms with van der Waals surface area (Å²) in [6.45, 7) is 6.60. The minimum Gasteiger partial charge on any atom is -0.371 e. The molecule has 0 amide bonds. The lowest BCUT2D eigenvalue weighted by Crippen LogP contribution is -2.46. The van der Waals surface area contributed by atoms with Crippen LogP contribution in [0.4, 0.5) is 11.5 Å².